The number of halogens is 3. The van der Waals surface area contributed by atoms with E-state index in [-0.39, 0.29) is 22.1 Å². The number of aromatic nitrogens is 1. The van der Waals surface area contributed by atoms with E-state index in [1.165, 1.54) is 30.3 Å². The Morgan fingerprint density at radius 3 is 2.24 bits per heavy atom. The molecule has 2 N–H and O–H groups in total. The maximum atomic E-state index is 13.4. The van der Waals surface area contributed by atoms with Gasteiger partial charge in [0.2, 0.25) is 20.8 Å². The van der Waals surface area contributed by atoms with E-state index in [1.54, 1.807) is 49.4 Å². The van der Waals surface area contributed by atoms with Crippen molar-refractivity contribution in [3.63, 3.8) is 0 Å². The maximum absolute atomic E-state index is 13.4. The minimum Gasteiger partial charge on any atom is -0.438 e. The normalized spacial score (nSPS) is 13.0. The summed E-state index contributed by atoms with van der Waals surface area (Å²) >= 11 is 0. The number of benzene rings is 3. The molecule has 0 radical (unpaired) electrons. The van der Waals surface area contributed by atoms with Crippen molar-refractivity contribution in [3.05, 3.63) is 95.7 Å². The average Bonchev–Trinajstić information content (AvgIpc) is 3.25. The van der Waals surface area contributed by atoms with Gasteiger partial charge in [-0.3, -0.25) is 0 Å². The minimum atomic E-state index is -4.97. The number of ether oxygens (including phenoxy) is 1. The number of rotatable bonds is 6. The molecule has 10 heteroatoms. The molecule has 34 heavy (non-hydrogen) atoms. The van der Waals surface area contributed by atoms with Crippen LogP contribution < -0.4 is 10.5 Å². The third kappa shape index (κ3) is 4.68. The van der Waals surface area contributed by atoms with E-state index in [0.29, 0.717) is 5.56 Å². The van der Waals surface area contributed by atoms with Crippen LogP contribution in [0.4, 0.5) is 13.2 Å². The molecule has 0 aliphatic rings. The smallest absolute Gasteiger partial charge is 0.438 e. The van der Waals surface area contributed by atoms with Gasteiger partial charge in [0.15, 0.2) is 5.76 Å². The maximum Gasteiger partial charge on any atom is 0.573 e. The number of nitrogens with two attached hydrogens (primary N) is 1. The molecule has 4 rings (SSSR count). The van der Waals surface area contributed by atoms with Gasteiger partial charge in [-0.05, 0) is 36.8 Å². The molecule has 0 spiro atoms. The van der Waals surface area contributed by atoms with Gasteiger partial charge in [-0.25, -0.2) is 8.42 Å². The molecule has 1 atom stereocenters. The molecule has 0 aliphatic heterocycles. The van der Waals surface area contributed by atoms with Crippen molar-refractivity contribution in [2.75, 3.05) is 0 Å². The quantitative estimate of drug-likeness (QED) is 0.389. The average molecular weight is 488 g/mol. The van der Waals surface area contributed by atoms with Gasteiger partial charge in [-0.2, -0.15) is 4.98 Å². The van der Waals surface area contributed by atoms with Gasteiger partial charge in [0.05, 0.1) is 10.9 Å². The van der Waals surface area contributed by atoms with Crippen LogP contribution in [-0.2, 0) is 9.84 Å². The fraction of sp³-hybridized carbons (Fsp3) is 0.125. The van der Waals surface area contributed by atoms with Crippen LogP contribution in [0.5, 0.6) is 5.75 Å². The third-order valence-electron chi connectivity index (χ3n) is 5.07. The lowest BCUT2D eigenvalue weighted by molar-refractivity contribution is -0.275. The molecular weight excluding hydrogens is 469 g/mol. The number of sulfone groups is 1. The van der Waals surface area contributed by atoms with Crippen LogP contribution in [0.2, 0.25) is 0 Å². The first-order valence-corrected chi connectivity index (χ1v) is 11.5. The molecule has 0 fully saturated rings. The number of aryl methyl sites for hydroxylation is 1. The number of alkyl halides is 3. The van der Waals surface area contributed by atoms with Gasteiger partial charge in [-0.15, -0.1) is 13.2 Å². The van der Waals surface area contributed by atoms with Crippen LogP contribution in [0, 0.1) is 6.92 Å². The summed E-state index contributed by atoms with van der Waals surface area (Å²) in [6.45, 7) is 1.79. The van der Waals surface area contributed by atoms with E-state index in [1.807, 2.05) is 0 Å². The SMILES string of the molecule is Cc1ccccc1-c1nc(S(=O)(=O)c2ccccc2)c(C(N)c2ccccc2OC(F)(F)F)o1. The largest absolute Gasteiger partial charge is 0.573 e. The topological polar surface area (TPSA) is 95.4 Å². The molecule has 0 bridgehead atoms. The van der Waals surface area contributed by atoms with E-state index in [0.717, 1.165) is 11.6 Å². The van der Waals surface area contributed by atoms with Crippen LogP contribution in [0.15, 0.2) is 93.2 Å². The molecular formula is C24H19F3N2O4S. The summed E-state index contributed by atoms with van der Waals surface area (Å²) in [7, 11) is -4.22. The molecule has 1 aromatic heterocycles. The highest BCUT2D eigenvalue weighted by atomic mass is 32.2. The van der Waals surface area contributed by atoms with Crippen LogP contribution in [0.25, 0.3) is 11.5 Å². The van der Waals surface area contributed by atoms with Crippen LogP contribution >= 0.6 is 0 Å². The summed E-state index contributed by atoms with van der Waals surface area (Å²) in [5, 5.41) is -0.480. The summed E-state index contributed by atoms with van der Waals surface area (Å²) in [5.74, 6) is -0.896. The van der Waals surface area contributed by atoms with Crippen LogP contribution in [0.1, 0.15) is 22.9 Å². The first-order valence-electron chi connectivity index (χ1n) is 10.0. The van der Waals surface area contributed by atoms with Crippen molar-refractivity contribution in [2.45, 2.75) is 29.2 Å². The Morgan fingerprint density at radius 1 is 0.941 bits per heavy atom. The predicted molar refractivity (Wildman–Crippen MR) is 118 cm³/mol. The lowest BCUT2D eigenvalue weighted by Crippen LogP contribution is -2.21. The van der Waals surface area contributed by atoms with Gasteiger partial charge in [0.1, 0.15) is 5.75 Å². The zero-order valence-electron chi connectivity index (χ0n) is 17.8. The number of nitrogens with zero attached hydrogens (tertiary/aromatic N) is 1. The van der Waals surface area contributed by atoms with E-state index < -0.39 is 33.0 Å². The molecule has 0 amide bonds. The molecule has 0 saturated heterocycles. The molecule has 176 valence electrons. The highest BCUT2D eigenvalue weighted by Gasteiger charge is 2.36. The van der Waals surface area contributed by atoms with Crippen molar-refractivity contribution in [3.8, 4) is 17.2 Å². The number of hydrogen-bond acceptors (Lipinski definition) is 6. The Bertz CT molecular complexity index is 1420. The second-order valence-electron chi connectivity index (χ2n) is 7.38. The second-order valence-corrected chi connectivity index (χ2v) is 9.25. The first-order chi connectivity index (χ1) is 16.1. The van der Waals surface area contributed by atoms with Gasteiger partial charge in [0, 0.05) is 11.1 Å². The Kier molecular flexibility index (Phi) is 6.20. The molecule has 0 aliphatic carbocycles. The van der Waals surface area contributed by atoms with Gasteiger partial charge >= 0.3 is 6.36 Å². The minimum absolute atomic E-state index is 0.0210. The fourth-order valence-electron chi connectivity index (χ4n) is 3.44. The summed E-state index contributed by atoms with van der Waals surface area (Å²) in [5.41, 5.74) is 7.46. The summed E-state index contributed by atoms with van der Waals surface area (Å²) in [4.78, 5) is 4.18. The molecule has 1 unspecified atom stereocenters. The molecule has 3 aromatic carbocycles. The molecule has 4 aromatic rings. The van der Waals surface area contributed by atoms with Crippen molar-refractivity contribution in [1.29, 1.82) is 0 Å². The molecule has 6 nitrogen and oxygen atoms in total. The van der Waals surface area contributed by atoms with Gasteiger partial charge in [-0.1, -0.05) is 54.6 Å². The Hall–Kier alpha value is -3.63. The Labute approximate surface area is 193 Å². The predicted octanol–water partition coefficient (Wildman–Crippen LogP) is 5.43. The highest BCUT2D eigenvalue weighted by molar-refractivity contribution is 7.91. The highest BCUT2D eigenvalue weighted by Crippen LogP contribution is 2.38. The Morgan fingerprint density at radius 2 is 1.56 bits per heavy atom. The molecule has 1 heterocycles. The summed E-state index contributed by atoms with van der Waals surface area (Å²) in [6.07, 6.45) is -4.97. The van der Waals surface area contributed by atoms with E-state index in [2.05, 4.69) is 9.72 Å². The third-order valence-corrected chi connectivity index (χ3v) is 6.76. The lowest BCUT2D eigenvalue weighted by atomic mass is 10.0. The zero-order chi connectivity index (χ0) is 24.5. The van der Waals surface area contributed by atoms with E-state index in [9.17, 15) is 21.6 Å². The van der Waals surface area contributed by atoms with Crippen LogP contribution in [0.3, 0.4) is 0 Å². The second kappa shape index (κ2) is 8.96. The van der Waals surface area contributed by atoms with Gasteiger partial charge < -0.3 is 14.9 Å². The van der Waals surface area contributed by atoms with E-state index >= 15 is 0 Å². The number of para-hydroxylation sites is 1. The van der Waals surface area contributed by atoms with Gasteiger partial charge in [0.25, 0.3) is 0 Å². The van der Waals surface area contributed by atoms with Crippen molar-refractivity contribution in [1.82, 2.24) is 4.98 Å². The fourth-order valence-corrected chi connectivity index (χ4v) is 4.82. The van der Waals surface area contributed by atoms with E-state index in [4.69, 9.17) is 10.2 Å². The van der Waals surface area contributed by atoms with Crippen molar-refractivity contribution < 1.29 is 30.7 Å². The Balaban J connectivity index is 1.92. The molecule has 0 saturated carbocycles. The summed E-state index contributed by atoms with van der Waals surface area (Å²) < 4.78 is 75.7. The summed E-state index contributed by atoms with van der Waals surface area (Å²) in [6, 6.07) is 18.3. The van der Waals surface area contributed by atoms with Crippen molar-refractivity contribution in [2.24, 2.45) is 5.73 Å². The number of hydrogen-bond donors (Lipinski definition) is 1. The van der Waals surface area contributed by atoms with Crippen LogP contribution in [-0.4, -0.2) is 19.8 Å². The monoisotopic (exact) mass is 488 g/mol. The first kappa shape index (κ1) is 23.5. The van der Waals surface area contributed by atoms with Crippen molar-refractivity contribution >= 4 is 9.84 Å². The zero-order valence-corrected chi connectivity index (χ0v) is 18.6. The standard InChI is InChI=1S/C24H19F3N2O4S/c1-15-9-5-6-12-17(15)22-29-23(34(30,31)16-10-3-2-4-11-16)21(32-22)20(28)18-13-7-8-14-19(18)33-24(25,26)27/h2-14,20H,28H2,1H3. The number of oxazole rings is 1. The lowest BCUT2D eigenvalue weighted by Gasteiger charge is -2.17.